The number of rotatable bonds is 12. The number of halogens is 1. The van der Waals surface area contributed by atoms with Gasteiger partial charge in [0, 0.05) is 31.0 Å². The highest BCUT2D eigenvalue weighted by Crippen LogP contribution is 2.24. The number of hydrogen-bond acceptors (Lipinski definition) is 6. The van der Waals surface area contributed by atoms with Crippen LogP contribution in [0.25, 0.3) is 10.9 Å². The van der Waals surface area contributed by atoms with Crippen molar-refractivity contribution >= 4 is 40.3 Å². The van der Waals surface area contributed by atoms with Gasteiger partial charge >= 0.3 is 0 Å². The molecule has 11 nitrogen and oxygen atoms in total. The lowest BCUT2D eigenvalue weighted by Crippen LogP contribution is -2.64. The van der Waals surface area contributed by atoms with E-state index in [0.29, 0.717) is 38.6 Å². The Labute approximate surface area is 269 Å². The lowest BCUT2D eigenvalue weighted by Gasteiger charge is -2.39. The quantitative estimate of drug-likeness (QED) is 0.305. The molecule has 3 heterocycles. The van der Waals surface area contributed by atoms with Gasteiger partial charge in [0.2, 0.25) is 23.6 Å². The second kappa shape index (κ2) is 16.0. The largest absolute Gasteiger partial charge is 0.417 e. The SMILES string of the molecule is CCC(C)[C@@H]1NC(=O)[C@H](Cc2cn(OC)c3ccccc23)NC(=O)[C@H](CCCCCC(=O)C(C)F)NC(=O)[C@H]2CCCCN2C1=O. The first-order chi connectivity index (χ1) is 22.0. The lowest BCUT2D eigenvalue weighted by molar-refractivity contribution is -0.147. The molecule has 46 heavy (non-hydrogen) atoms. The number of fused-ring (bicyclic) bond motifs is 2. The van der Waals surface area contributed by atoms with Gasteiger partial charge in [-0.25, -0.2) is 4.39 Å². The van der Waals surface area contributed by atoms with Gasteiger partial charge in [0.15, 0.2) is 12.0 Å². The molecule has 1 aromatic carbocycles. The molecular formula is C34H48FN5O6. The number of nitrogens with one attached hydrogen (secondary N) is 3. The summed E-state index contributed by atoms with van der Waals surface area (Å²) in [4.78, 5) is 74.4. The summed E-state index contributed by atoms with van der Waals surface area (Å²) in [5.41, 5.74) is 1.56. The number of ketones is 1. The first-order valence-corrected chi connectivity index (χ1v) is 16.6. The molecule has 4 rings (SSSR count). The van der Waals surface area contributed by atoms with Crippen LogP contribution in [0.1, 0.15) is 84.1 Å². The van der Waals surface area contributed by atoms with Crippen molar-refractivity contribution in [3.05, 3.63) is 36.0 Å². The molecule has 4 amide bonds. The fraction of sp³-hybridized carbons (Fsp3) is 0.618. The Balaban J connectivity index is 1.65. The van der Waals surface area contributed by atoms with Gasteiger partial charge in [0.1, 0.15) is 31.3 Å². The maximum atomic E-state index is 14.0. The van der Waals surface area contributed by atoms with Crippen molar-refractivity contribution in [3.8, 4) is 0 Å². The summed E-state index contributed by atoms with van der Waals surface area (Å²) in [7, 11) is 1.54. The Morgan fingerprint density at radius 1 is 0.978 bits per heavy atom. The third-order valence-electron chi connectivity index (χ3n) is 9.37. The number of Topliss-reactive ketones (excluding diaryl/α,β-unsaturated/α-hetero) is 1. The minimum Gasteiger partial charge on any atom is -0.417 e. The highest BCUT2D eigenvalue weighted by Gasteiger charge is 2.41. The number of para-hydroxylation sites is 1. The highest BCUT2D eigenvalue weighted by atomic mass is 19.1. The maximum absolute atomic E-state index is 14.0. The normalized spacial score (nSPS) is 24.2. The van der Waals surface area contributed by atoms with Crippen molar-refractivity contribution in [2.75, 3.05) is 13.7 Å². The summed E-state index contributed by atoms with van der Waals surface area (Å²) >= 11 is 0. The predicted octanol–water partition coefficient (Wildman–Crippen LogP) is 3.02. The van der Waals surface area contributed by atoms with Crippen LogP contribution in [0.5, 0.6) is 0 Å². The average molecular weight is 642 g/mol. The van der Waals surface area contributed by atoms with E-state index in [4.69, 9.17) is 4.84 Å². The molecule has 3 N–H and O–H groups in total. The molecule has 2 aliphatic heterocycles. The third kappa shape index (κ3) is 8.24. The van der Waals surface area contributed by atoms with Crippen molar-refractivity contribution in [1.82, 2.24) is 25.6 Å². The first-order valence-electron chi connectivity index (χ1n) is 16.6. The highest BCUT2D eigenvalue weighted by molar-refractivity contribution is 5.98. The molecule has 2 fully saturated rings. The van der Waals surface area contributed by atoms with Gasteiger partial charge in [-0.05, 0) is 56.6 Å². The van der Waals surface area contributed by atoms with Crippen LogP contribution in [0.15, 0.2) is 30.5 Å². The Kier molecular flexibility index (Phi) is 12.2. The summed E-state index contributed by atoms with van der Waals surface area (Å²) in [6.07, 6.45) is 4.84. The number of carbonyl (C=O) groups is 5. The minimum absolute atomic E-state index is 0.106. The molecule has 6 atom stereocenters. The second-order valence-electron chi connectivity index (χ2n) is 12.6. The molecule has 2 unspecified atom stereocenters. The number of amides is 4. The van der Waals surface area contributed by atoms with Crippen LogP contribution in [-0.4, -0.2) is 83.0 Å². The van der Waals surface area contributed by atoms with E-state index in [2.05, 4.69) is 16.0 Å². The monoisotopic (exact) mass is 641 g/mol. The third-order valence-corrected chi connectivity index (χ3v) is 9.37. The van der Waals surface area contributed by atoms with Gasteiger partial charge in [-0.2, -0.15) is 4.73 Å². The van der Waals surface area contributed by atoms with Crippen LogP contribution in [0.2, 0.25) is 0 Å². The zero-order chi connectivity index (χ0) is 33.4. The van der Waals surface area contributed by atoms with Gasteiger partial charge in [0.05, 0.1) is 5.52 Å². The molecule has 0 spiro atoms. The van der Waals surface area contributed by atoms with Crippen LogP contribution >= 0.6 is 0 Å². The van der Waals surface area contributed by atoms with E-state index in [0.717, 1.165) is 29.3 Å². The van der Waals surface area contributed by atoms with Crippen molar-refractivity contribution in [1.29, 1.82) is 0 Å². The molecule has 0 radical (unpaired) electrons. The molecule has 0 bridgehead atoms. The van der Waals surface area contributed by atoms with Crippen LogP contribution in [0.4, 0.5) is 4.39 Å². The van der Waals surface area contributed by atoms with Crippen LogP contribution in [0, 0.1) is 5.92 Å². The molecule has 0 aliphatic carbocycles. The molecule has 1 aromatic heterocycles. The molecule has 2 saturated heterocycles. The van der Waals surface area contributed by atoms with Crippen molar-refractivity contribution in [2.45, 2.75) is 115 Å². The number of aromatic nitrogens is 1. The summed E-state index contributed by atoms with van der Waals surface area (Å²) in [5.74, 6) is -2.36. The second-order valence-corrected chi connectivity index (χ2v) is 12.6. The Morgan fingerprint density at radius 2 is 1.70 bits per heavy atom. The fourth-order valence-electron chi connectivity index (χ4n) is 6.38. The molecule has 2 aliphatic rings. The van der Waals surface area contributed by atoms with Gasteiger partial charge in [0.25, 0.3) is 0 Å². The standard InChI is InChI=1S/C34H48FN5O6/c1-5-21(2)30-34(45)39-18-12-11-16-28(39)33(44)36-25(14-7-6-8-17-29(41)22(3)35)31(42)37-26(32(43)38-30)19-23-20-40(46-4)27-15-10-9-13-24(23)27/h9-10,13,15,20-22,25-26,28,30H,5-8,11-12,14,16-19H2,1-4H3,(H,36,44)(H,37,42)(H,38,43)/t21?,22?,25-,26-,28+,30-/m0/s1. The van der Waals surface area contributed by atoms with Crippen LogP contribution in [0.3, 0.4) is 0 Å². The summed E-state index contributed by atoms with van der Waals surface area (Å²) < 4.78 is 14.9. The number of piperidine rings is 1. The number of nitrogens with zero attached hydrogens (tertiary/aromatic N) is 2. The summed E-state index contributed by atoms with van der Waals surface area (Å²) in [6.45, 7) is 5.44. The fourth-order valence-corrected chi connectivity index (χ4v) is 6.38. The summed E-state index contributed by atoms with van der Waals surface area (Å²) in [6, 6.07) is 3.92. The van der Waals surface area contributed by atoms with Gasteiger partial charge in [-0.3, -0.25) is 24.0 Å². The van der Waals surface area contributed by atoms with E-state index < -0.39 is 53.8 Å². The van der Waals surface area contributed by atoms with E-state index in [-0.39, 0.29) is 31.1 Å². The van der Waals surface area contributed by atoms with Crippen LogP contribution < -0.4 is 20.8 Å². The maximum Gasteiger partial charge on any atom is 0.246 e. The van der Waals surface area contributed by atoms with Gasteiger partial charge in [-0.15, -0.1) is 0 Å². The average Bonchev–Trinajstić information content (AvgIpc) is 3.41. The molecular weight excluding hydrogens is 593 g/mol. The molecule has 252 valence electrons. The zero-order valence-corrected chi connectivity index (χ0v) is 27.4. The smallest absolute Gasteiger partial charge is 0.246 e. The minimum atomic E-state index is -1.52. The van der Waals surface area contributed by atoms with Crippen molar-refractivity contribution in [2.24, 2.45) is 5.92 Å². The lowest BCUT2D eigenvalue weighted by atomic mass is 9.93. The number of unbranched alkanes of at least 4 members (excludes halogenated alkanes) is 2. The Hall–Kier alpha value is -3.96. The number of carbonyl (C=O) groups excluding carboxylic acids is 5. The van der Waals surface area contributed by atoms with Gasteiger partial charge in [-0.1, -0.05) is 51.3 Å². The molecule has 0 saturated carbocycles. The molecule has 12 heteroatoms. The van der Waals surface area contributed by atoms with Crippen molar-refractivity contribution < 1.29 is 33.2 Å². The Morgan fingerprint density at radius 3 is 2.41 bits per heavy atom. The van der Waals surface area contributed by atoms with E-state index in [9.17, 15) is 28.4 Å². The van der Waals surface area contributed by atoms with Crippen LogP contribution in [-0.2, 0) is 30.4 Å². The number of hydrogen-bond donors (Lipinski definition) is 3. The number of alkyl halides is 1. The van der Waals surface area contributed by atoms with E-state index in [1.807, 2.05) is 38.1 Å². The summed E-state index contributed by atoms with van der Waals surface area (Å²) in [5, 5.41) is 9.60. The van der Waals surface area contributed by atoms with E-state index in [1.54, 1.807) is 15.8 Å². The van der Waals surface area contributed by atoms with Crippen molar-refractivity contribution in [3.63, 3.8) is 0 Å². The predicted molar refractivity (Wildman–Crippen MR) is 171 cm³/mol. The van der Waals surface area contributed by atoms with E-state index in [1.165, 1.54) is 14.0 Å². The zero-order valence-electron chi connectivity index (χ0n) is 27.4. The van der Waals surface area contributed by atoms with Gasteiger partial charge < -0.3 is 25.7 Å². The number of benzene rings is 1. The Bertz CT molecular complexity index is 1410. The van der Waals surface area contributed by atoms with E-state index >= 15 is 0 Å². The first kappa shape index (κ1) is 34.9. The molecule has 2 aromatic rings. The topological polar surface area (TPSA) is 139 Å².